The molecular weight excluding hydrogens is 180 g/mol. The van der Waals surface area contributed by atoms with Crippen LogP contribution in [0.1, 0.15) is 26.7 Å². The van der Waals surface area contributed by atoms with Crippen molar-refractivity contribution in [2.24, 2.45) is 5.73 Å². The zero-order valence-electron chi connectivity index (χ0n) is 9.08. The van der Waals surface area contributed by atoms with Gasteiger partial charge < -0.3 is 15.4 Å². The summed E-state index contributed by atoms with van der Waals surface area (Å²) in [5, 5.41) is 0. The lowest BCUT2D eigenvalue weighted by molar-refractivity contribution is -0.148. The van der Waals surface area contributed by atoms with Crippen LogP contribution < -0.4 is 5.73 Å². The fourth-order valence-corrected chi connectivity index (χ4v) is 1.95. The molecule has 0 aromatic rings. The van der Waals surface area contributed by atoms with E-state index in [-0.39, 0.29) is 11.5 Å². The third-order valence-corrected chi connectivity index (χ3v) is 2.77. The molecule has 0 radical (unpaired) electrons. The van der Waals surface area contributed by atoms with Gasteiger partial charge in [-0.05, 0) is 6.42 Å². The van der Waals surface area contributed by atoms with Crippen molar-refractivity contribution in [3.8, 4) is 0 Å². The van der Waals surface area contributed by atoms with E-state index in [1.54, 1.807) is 6.92 Å². The first-order valence-electron chi connectivity index (χ1n) is 5.23. The molecule has 14 heavy (non-hydrogen) atoms. The average molecular weight is 200 g/mol. The predicted molar refractivity (Wildman–Crippen MR) is 54.9 cm³/mol. The van der Waals surface area contributed by atoms with E-state index in [2.05, 4.69) is 6.92 Å². The number of morpholine rings is 1. The topological polar surface area (TPSA) is 55.6 Å². The first-order chi connectivity index (χ1) is 6.63. The summed E-state index contributed by atoms with van der Waals surface area (Å²) in [6.45, 7) is 6.14. The van der Waals surface area contributed by atoms with Crippen LogP contribution in [0.5, 0.6) is 0 Å². The molecular formula is C10H20N2O2. The Labute approximate surface area is 85.4 Å². The van der Waals surface area contributed by atoms with E-state index < -0.39 is 0 Å². The highest BCUT2D eigenvalue weighted by atomic mass is 16.5. The van der Waals surface area contributed by atoms with Crippen molar-refractivity contribution in [3.63, 3.8) is 0 Å². The van der Waals surface area contributed by atoms with Gasteiger partial charge in [-0.3, -0.25) is 4.79 Å². The Morgan fingerprint density at radius 2 is 2.36 bits per heavy atom. The number of nitrogens with zero attached hydrogens (tertiary/aromatic N) is 1. The van der Waals surface area contributed by atoms with Gasteiger partial charge in [0.2, 0.25) is 5.91 Å². The third-order valence-electron chi connectivity index (χ3n) is 2.77. The van der Waals surface area contributed by atoms with Gasteiger partial charge in [-0.1, -0.05) is 13.3 Å². The van der Waals surface area contributed by atoms with Crippen LogP contribution in [0.25, 0.3) is 0 Å². The lowest BCUT2D eigenvalue weighted by atomic mass is 9.95. The van der Waals surface area contributed by atoms with Crippen molar-refractivity contribution in [3.05, 3.63) is 0 Å². The Morgan fingerprint density at radius 3 is 2.86 bits per heavy atom. The Balaban J connectivity index is 2.63. The van der Waals surface area contributed by atoms with E-state index in [1.165, 1.54) is 0 Å². The number of carbonyl (C=O) groups is 1. The minimum Gasteiger partial charge on any atom is -0.370 e. The molecule has 0 aromatic carbocycles. The molecule has 0 saturated carbocycles. The minimum atomic E-state index is -0.293. The number of amides is 1. The summed E-state index contributed by atoms with van der Waals surface area (Å²) >= 11 is 0. The number of hydrogen-bond acceptors (Lipinski definition) is 3. The second-order valence-corrected chi connectivity index (χ2v) is 3.93. The van der Waals surface area contributed by atoms with Crippen molar-refractivity contribution in [2.75, 3.05) is 26.2 Å². The molecule has 82 valence electrons. The maximum Gasteiger partial charge on any atom is 0.219 e. The van der Waals surface area contributed by atoms with E-state index in [0.29, 0.717) is 26.2 Å². The standard InChI is InChI=1S/C10H20N2O2/c1-3-4-10(7-11)8-12(9(2)13)5-6-14-10/h3-8,11H2,1-2H3. The zero-order chi connectivity index (χ0) is 10.6. The lowest BCUT2D eigenvalue weighted by Crippen LogP contribution is -2.56. The van der Waals surface area contributed by atoms with Gasteiger partial charge in [0, 0.05) is 20.0 Å². The Morgan fingerprint density at radius 1 is 1.64 bits per heavy atom. The number of rotatable bonds is 3. The van der Waals surface area contributed by atoms with Crippen LogP contribution in [0.3, 0.4) is 0 Å². The van der Waals surface area contributed by atoms with Gasteiger partial charge in [0.1, 0.15) is 0 Å². The van der Waals surface area contributed by atoms with Crippen LogP contribution in [0, 0.1) is 0 Å². The Hall–Kier alpha value is -0.610. The van der Waals surface area contributed by atoms with Crippen LogP contribution in [0.2, 0.25) is 0 Å². The van der Waals surface area contributed by atoms with Crippen molar-refractivity contribution in [2.45, 2.75) is 32.3 Å². The smallest absolute Gasteiger partial charge is 0.219 e. The molecule has 4 nitrogen and oxygen atoms in total. The lowest BCUT2D eigenvalue weighted by Gasteiger charge is -2.41. The number of nitrogens with two attached hydrogens (primary N) is 1. The van der Waals surface area contributed by atoms with Crippen LogP contribution in [0.15, 0.2) is 0 Å². The number of ether oxygens (including phenoxy) is 1. The first-order valence-corrected chi connectivity index (χ1v) is 5.23. The molecule has 1 aliphatic heterocycles. The summed E-state index contributed by atoms with van der Waals surface area (Å²) < 4.78 is 5.72. The van der Waals surface area contributed by atoms with Gasteiger partial charge in [0.05, 0.1) is 18.8 Å². The maximum atomic E-state index is 11.2. The molecule has 1 rings (SSSR count). The Kier molecular flexibility index (Phi) is 3.89. The first kappa shape index (κ1) is 11.5. The molecule has 4 heteroatoms. The second-order valence-electron chi connectivity index (χ2n) is 3.93. The second kappa shape index (κ2) is 4.75. The zero-order valence-corrected chi connectivity index (χ0v) is 9.08. The van der Waals surface area contributed by atoms with Gasteiger partial charge >= 0.3 is 0 Å². The van der Waals surface area contributed by atoms with E-state index in [4.69, 9.17) is 10.5 Å². The summed E-state index contributed by atoms with van der Waals surface area (Å²) in [6.07, 6.45) is 1.95. The van der Waals surface area contributed by atoms with Crippen molar-refractivity contribution in [1.82, 2.24) is 4.90 Å². The van der Waals surface area contributed by atoms with Gasteiger partial charge in [-0.2, -0.15) is 0 Å². The molecule has 0 spiro atoms. The summed E-state index contributed by atoms with van der Waals surface area (Å²) in [4.78, 5) is 13.1. The highest BCUT2D eigenvalue weighted by Crippen LogP contribution is 2.22. The summed E-state index contributed by atoms with van der Waals surface area (Å²) in [7, 11) is 0. The fraction of sp³-hybridized carbons (Fsp3) is 0.900. The fourth-order valence-electron chi connectivity index (χ4n) is 1.95. The van der Waals surface area contributed by atoms with Gasteiger partial charge in [-0.25, -0.2) is 0 Å². The highest BCUT2D eigenvalue weighted by Gasteiger charge is 2.35. The molecule has 1 unspecified atom stereocenters. The van der Waals surface area contributed by atoms with Gasteiger partial charge in [0.25, 0.3) is 0 Å². The largest absolute Gasteiger partial charge is 0.370 e. The van der Waals surface area contributed by atoms with E-state index >= 15 is 0 Å². The molecule has 1 atom stereocenters. The van der Waals surface area contributed by atoms with Crippen molar-refractivity contribution in [1.29, 1.82) is 0 Å². The van der Waals surface area contributed by atoms with Crippen LogP contribution in [0.4, 0.5) is 0 Å². The van der Waals surface area contributed by atoms with E-state index in [9.17, 15) is 4.79 Å². The van der Waals surface area contributed by atoms with Crippen LogP contribution in [-0.2, 0) is 9.53 Å². The monoisotopic (exact) mass is 200 g/mol. The molecule has 1 saturated heterocycles. The van der Waals surface area contributed by atoms with Crippen molar-refractivity contribution >= 4 is 5.91 Å². The predicted octanol–water partition coefficient (Wildman–Crippen LogP) is 0.363. The number of hydrogen-bond donors (Lipinski definition) is 1. The Bertz CT molecular complexity index is 204. The molecule has 1 aliphatic rings. The molecule has 0 bridgehead atoms. The van der Waals surface area contributed by atoms with Gasteiger partial charge in [-0.15, -0.1) is 0 Å². The molecule has 1 amide bonds. The van der Waals surface area contributed by atoms with E-state index in [1.807, 2.05) is 4.90 Å². The molecule has 1 heterocycles. The third kappa shape index (κ3) is 2.45. The summed E-state index contributed by atoms with van der Waals surface area (Å²) in [5.41, 5.74) is 5.43. The SMILES string of the molecule is CCCC1(CN)CN(C(C)=O)CCO1. The molecule has 0 aliphatic carbocycles. The molecule has 2 N–H and O–H groups in total. The maximum absolute atomic E-state index is 11.2. The number of carbonyl (C=O) groups excluding carboxylic acids is 1. The van der Waals surface area contributed by atoms with Gasteiger partial charge in [0.15, 0.2) is 0 Å². The molecule has 1 fully saturated rings. The van der Waals surface area contributed by atoms with Crippen LogP contribution >= 0.6 is 0 Å². The quantitative estimate of drug-likeness (QED) is 0.715. The normalized spacial score (nSPS) is 27.8. The summed E-state index contributed by atoms with van der Waals surface area (Å²) in [6, 6.07) is 0. The molecule has 0 aromatic heterocycles. The average Bonchev–Trinajstić information content (AvgIpc) is 2.18. The van der Waals surface area contributed by atoms with Crippen molar-refractivity contribution < 1.29 is 9.53 Å². The van der Waals surface area contributed by atoms with E-state index in [0.717, 1.165) is 12.8 Å². The summed E-state index contributed by atoms with van der Waals surface area (Å²) in [5.74, 6) is 0.113. The highest BCUT2D eigenvalue weighted by molar-refractivity contribution is 5.73. The minimum absolute atomic E-state index is 0.113. The van der Waals surface area contributed by atoms with Crippen LogP contribution in [-0.4, -0.2) is 42.6 Å².